The van der Waals surface area contributed by atoms with E-state index in [0.717, 1.165) is 4.90 Å². The first-order valence-electron chi connectivity index (χ1n) is 4.21. The highest BCUT2D eigenvalue weighted by molar-refractivity contribution is 6.00. The topological polar surface area (TPSA) is 130 Å². The molecule has 1 atom stereocenters. The number of aliphatic carboxylic acids is 1. The van der Waals surface area contributed by atoms with Gasteiger partial charge in [-0.05, 0) is 0 Å². The number of hydrogen-bond acceptors (Lipinski definition) is 6. The summed E-state index contributed by atoms with van der Waals surface area (Å²) in [4.78, 5) is 22.7. The second-order valence-corrected chi connectivity index (χ2v) is 2.70. The van der Waals surface area contributed by atoms with Crippen molar-refractivity contribution in [2.45, 2.75) is 6.04 Å². The van der Waals surface area contributed by atoms with Gasteiger partial charge in [0, 0.05) is 13.1 Å². The lowest BCUT2D eigenvalue weighted by Gasteiger charge is -2.25. The molecular weight excluding hydrogens is 208 g/mol. The number of hydrogen-bond donors (Lipinski definition) is 5. The molecule has 0 saturated carbocycles. The number of carbonyl (C=O) groups is 2. The highest BCUT2D eigenvalue weighted by atomic mass is 16.5. The van der Waals surface area contributed by atoms with E-state index in [-0.39, 0.29) is 26.3 Å². The summed E-state index contributed by atoms with van der Waals surface area (Å²) in [6.07, 6.45) is 0. The number of aliphatic hydroxyl groups is 2. The molecule has 8 nitrogen and oxygen atoms in total. The van der Waals surface area contributed by atoms with Crippen molar-refractivity contribution in [1.82, 2.24) is 10.4 Å². The van der Waals surface area contributed by atoms with Gasteiger partial charge in [0.2, 0.25) is 0 Å². The van der Waals surface area contributed by atoms with Gasteiger partial charge in [-0.25, -0.2) is 10.3 Å². The van der Waals surface area contributed by atoms with Crippen molar-refractivity contribution in [2.24, 2.45) is 0 Å². The van der Waals surface area contributed by atoms with Crippen LogP contribution in [0.5, 0.6) is 0 Å². The lowest BCUT2D eigenvalue weighted by Crippen LogP contribution is -2.52. The molecule has 0 spiro atoms. The number of nitrogens with zero attached hydrogens (tertiary/aromatic N) is 1. The monoisotopic (exact) mass is 222 g/mol. The molecule has 88 valence electrons. The van der Waals surface area contributed by atoms with E-state index in [1.165, 1.54) is 5.48 Å². The third-order valence-electron chi connectivity index (χ3n) is 1.73. The van der Waals surface area contributed by atoms with E-state index in [9.17, 15) is 9.59 Å². The molecule has 0 fully saturated rings. The van der Waals surface area contributed by atoms with Crippen molar-refractivity contribution < 1.29 is 30.1 Å². The maximum atomic E-state index is 11.0. The number of nitrogens with one attached hydrogen (secondary N) is 1. The Balaban J connectivity index is 4.66. The SMILES string of the molecule is O=C(O)C(C(=O)NO)N(CCO)CCO. The Hall–Kier alpha value is -1.22. The molecule has 0 aromatic heterocycles. The smallest absolute Gasteiger partial charge is 0.330 e. The molecule has 1 unspecified atom stereocenters. The Labute approximate surface area is 85.7 Å². The van der Waals surface area contributed by atoms with Gasteiger partial charge in [-0.3, -0.25) is 14.9 Å². The Kier molecular flexibility index (Phi) is 6.54. The highest BCUT2D eigenvalue weighted by Gasteiger charge is 2.32. The first-order chi connectivity index (χ1) is 7.08. The van der Waals surface area contributed by atoms with Crippen molar-refractivity contribution in [3.63, 3.8) is 0 Å². The Morgan fingerprint density at radius 1 is 1.20 bits per heavy atom. The predicted octanol–water partition coefficient (Wildman–Crippen LogP) is -2.77. The normalized spacial score (nSPS) is 12.5. The minimum absolute atomic E-state index is 0.0923. The average Bonchev–Trinajstić information content (AvgIpc) is 2.18. The second-order valence-electron chi connectivity index (χ2n) is 2.70. The van der Waals surface area contributed by atoms with Crippen molar-refractivity contribution in [3.8, 4) is 0 Å². The first kappa shape index (κ1) is 13.8. The Morgan fingerprint density at radius 2 is 1.67 bits per heavy atom. The van der Waals surface area contributed by atoms with Gasteiger partial charge in [0.25, 0.3) is 5.91 Å². The number of aliphatic hydroxyl groups excluding tert-OH is 2. The maximum absolute atomic E-state index is 11.0. The second kappa shape index (κ2) is 7.12. The zero-order valence-corrected chi connectivity index (χ0v) is 7.96. The number of carboxylic acid groups (broad SMARTS) is 1. The van der Waals surface area contributed by atoms with E-state index in [2.05, 4.69) is 0 Å². The fraction of sp³-hybridized carbons (Fsp3) is 0.714. The van der Waals surface area contributed by atoms with Gasteiger partial charge in [0.1, 0.15) is 0 Å². The standard InChI is InChI=1S/C7H14N2O6/c10-3-1-9(2-4-11)5(7(13)14)6(12)8-15/h5,10-11,15H,1-4H2,(H,8,12)(H,13,14). The molecule has 0 radical (unpaired) electrons. The minimum atomic E-state index is -1.63. The number of hydroxylamine groups is 1. The highest BCUT2D eigenvalue weighted by Crippen LogP contribution is 1.99. The average molecular weight is 222 g/mol. The van der Waals surface area contributed by atoms with Crippen LogP contribution in [0.15, 0.2) is 0 Å². The molecule has 5 N–H and O–H groups in total. The molecule has 1 amide bonds. The van der Waals surface area contributed by atoms with Crippen molar-refractivity contribution in [3.05, 3.63) is 0 Å². The van der Waals surface area contributed by atoms with Gasteiger partial charge in [0.05, 0.1) is 13.2 Å². The molecule has 8 heteroatoms. The molecule has 0 saturated heterocycles. The van der Waals surface area contributed by atoms with Gasteiger partial charge in [-0.15, -0.1) is 0 Å². The Morgan fingerprint density at radius 3 is 1.93 bits per heavy atom. The molecule has 0 aliphatic rings. The van der Waals surface area contributed by atoms with Gasteiger partial charge in [-0.1, -0.05) is 0 Å². The molecular formula is C7H14N2O6. The summed E-state index contributed by atoms with van der Waals surface area (Å²) in [5.41, 5.74) is 1.22. The first-order valence-corrected chi connectivity index (χ1v) is 4.21. The van der Waals surface area contributed by atoms with E-state index in [0.29, 0.717) is 0 Å². The third-order valence-corrected chi connectivity index (χ3v) is 1.73. The summed E-state index contributed by atoms with van der Waals surface area (Å²) < 4.78 is 0. The zero-order valence-electron chi connectivity index (χ0n) is 7.96. The number of rotatable bonds is 7. The molecule has 0 rings (SSSR count). The molecule has 0 aromatic carbocycles. The van der Waals surface area contributed by atoms with Crippen LogP contribution in [0.3, 0.4) is 0 Å². The zero-order chi connectivity index (χ0) is 11.8. The van der Waals surface area contributed by atoms with Crippen molar-refractivity contribution >= 4 is 11.9 Å². The van der Waals surface area contributed by atoms with Crippen LogP contribution in [0, 0.1) is 0 Å². The van der Waals surface area contributed by atoms with Crippen molar-refractivity contribution in [1.29, 1.82) is 0 Å². The summed E-state index contributed by atoms with van der Waals surface area (Å²) in [5, 5.41) is 34.3. The van der Waals surface area contributed by atoms with Crippen LogP contribution in [0.4, 0.5) is 0 Å². The lowest BCUT2D eigenvalue weighted by molar-refractivity contribution is -0.152. The summed E-state index contributed by atoms with van der Waals surface area (Å²) >= 11 is 0. The molecule has 0 bridgehead atoms. The van der Waals surface area contributed by atoms with Crippen LogP contribution in [-0.2, 0) is 9.59 Å². The van der Waals surface area contributed by atoms with Gasteiger partial charge in [0.15, 0.2) is 6.04 Å². The van der Waals surface area contributed by atoms with Crippen LogP contribution < -0.4 is 5.48 Å². The predicted molar refractivity (Wildman–Crippen MR) is 47.1 cm³/mol. The minimum Gasteiger partial charge on any atom is -0.480 e. The van der Waals surface area contributed by atoms with Gasteiger partial charge in [-0.2, -0.15) is 0 Å². The quantitative estimate of drug-likeness (QED) is 0.179. The largest absolute Gasteiger partial charge is 0.480 e. The summed E-state index contributed by atoms with van der Waals surface area (Å²) in [7, 11) is 0. The fourth-order valence-electron chi connectivity index (χ4n) is 1.12. The van der Waals surface area contributed by atoms with Crippen LogP contribution in [0.2, 0.25) is 0 Å². The molecule has 0 heterocycles. The van der Waals surface area contributed by atoms with Gasteiger partial charge >= 0.3 is 5.97 Å². The van der Waals surface area contributed by atoms with Crippen LogP contribution in [-0.4, -0.2) is 69.6 Å². The maximum Gasteiger partial charge on any atom is 0.330 e. The van der Waals surface area contributed by atoms with Crippen LogP contribution in [0.25, 0.3) is 0 Å². The van der Waals surface area contributed by atoms with Crippen molar-refractivity contribution in [2.75, 3.05) is 26.3 Å². The number of carbonyl (C=O) groups excluding carboxylic acids is 1. The van der Waals surface area contributed by atoms with Crippen LogP contribution >= 0.6 is 0 Å². The van der Waals surface area contributed by atoms with Crippen LogP contribution in [0.1, 0.15) is 0 Å². The summed E-state index contributed by atoms with van der Waals surface area (Å²) in [6, 6.07) is -1.63. The van der Waals surface area contributed by atoms with E-state index < -0.39 is 17.9 Å². The molecule has 0 aliphatic heterocycles. The van der Waals surface area contributed by atoms with E-state index in [1.54, 1.807) is 0 Å². The number of carboxylic acids is 1. The Bertz CT molecular complexity index is 216. The van der Waals surface area contributed by atoms with E-state index in [1.807, 2.05) is 0 Å². The molecule has 0 aliphatic carbocycles. The third kappa shape index (κ3) is 4.21. The number of amides is 1. The molecule has 15 heavy (non-hydrogen) atoms. The summed E-state index contributed by atoms with van der Waals surface area (Å²) in [6.45, 7) is -0.902. The van der Waals surface area contributed by atoms with Gasteiger partial charge < -0.3 is 15.3 Å². The molecule has 0 aromatic rings. The fourth-order valence-corrected chi connectivity index (χ4v) is 1.12. The lowest BCUT2D eigenvalue weighted by atomic mass is 10.2. The van der Waals surface area contributed by atoms with E-state index in [4.69, 9.17) is 20.5 Å². The van der Waals surface area contributed by atoms with E-state index >= 15 is 0 Å². The summed E-state index contributed by atoms with van der Waals surface area (Å²) in [5.74, 6) is -2.59.